The van der Waals surface area contributed by atoms with Crippen molar-refractivity contribution in [3.63, 3.8) is 0 Å². The van der Waals surface area contributed by atoms with E-state index in [-0.39, 0.29) is 17.3 Å². The van der Waals surface area contributed by atoms with Crippen LogP contribution in [0, 0.1) is 26.6 Å². The summed E-state index contributed by atoms with van der Waals surface area (Å²) in [5, 5.41) is 2.58. The number of nitrogens with one attached hydrogen (secondary N) is 1. The summed E-state index contributed by atoms with van der Waals surface area (Å²) in [5.74, 6) is -1.35. The summed E-state index contributed by atoms with van der Waals surface area (Å²) >= 11 is 0. The van der Waals surface area contributed by atoms with Crippen LogP contribution in [0.5, 0.6) is 0 Å². The van der Waals surface area contributed by atoms with E-state index in [1.807, 2.05) is 26.0 Å². The maximum Gasteiger partial charge on any atom is 0.264 e. The Morgan fingerprint density at radius 2 is 1.53 bits per heavy atom. The van der Waals surface area contributed by atoms with Crippen LogP contribution in [0.25, 0.3) is 0 Å². The second-order valence-electron chi connectivity index (χ2n) is 9.30. The van der Waals surface area contributed by atoms with Crippen molar-refractivity contribution in [1.29, 1.82) is 0 Å². The van der Waals surface area contributed by atoms with Gasteiger partial charge in [-0.1, -0.05) is 48.9 Å². The molecule has 7 nitrogen and oxygen atoms in total. The predicted molar refractivity (Wildman–Crippen MR) is 147 cm³/mol. The molecule has 0 fully saturated rings. The molecular weight excluding hydrogens is 505 g/mol. The van der Waals surface area contributed by atoms with Gasteiger partial charge < -0.3 is 10.2 Å². The molecule has 1 atom stereocenters. The molecule has 38 heavy (non-hydrogen) atoms. The number of likely N-dealkylation sites (N-methyl/N-ethyl adjacent to an activating group) is 1. The standard InChI is InChI=1S/C29H34FN3O4S/c1-6-26(29(35)31-5)32(18-23-11-13-24(30)14-12-23)28(34)19-33(27-17-21(3)7-10-22(27)4)38(36,37)25-15-8-20(2)9-16-25/h7-17,26H,6,18-19H2,1-5H3,(H,31,35). The molecule has 0 bridgehead atoms. The Balaban J connectivity index is 2.10. The number of anilines is 1. The van der Waals surface area contributed by atoms with Gasteiger partial charge in [0.25, 0.3) is 10.0 Å². The monoisotopic (exact) mass is 539 g/mol. The summed E-state index contributed by atoms with van der Waals surface area (Å²) in [6.45, 7) is 6.76. The summed E-state index contributed by atoms with van der Waals surface area (Å²) < 4.78 is 42.5. The molecule has 0 spiro atoms. The van der Waals surface area contributed by atoms with Crippen LogP contribution < -0.4 is 9.62 Å². The highest BCUT2D eigenvalue weighted by molar-refractivity contribution is 7.92. The van der Waals surface area contributed by atoms with Gasteiger partial charge in [0, 0.05) is 13.6 Å². The maximum absolute atomic E-state index is 13.9. The lowest BCUT2D eigenvalue weighted by Gasteiger charge is -2.33. The van der Waals surface area contributed by atoms with Crippen molar-refractivity contribution in [3.8, 4) is 0 Å². The first-order valence-electron chi connectivity index (χ1n) is 12.4. The molecule has 3 aromatic rings. The number of sulfonamides is 1. The second-order valence-corrected chi connectivity index (χ2v) is 11.2. The third kappa shape index (κ3) is 6.58. The van der Waals surface area contributed by atoms with Gasteiger partial charge in [0.1, 0.15) is 18.4 Å². The molecule has 1 unspecified atom stereocenters. The number of rotatable bonds is 10. The van der Waals surface area contributed by atoms with Crippen LogP contribution in [0.2, 0.25) is 0 Å². The van der Waals surface area contributed by atoms with E-state index in [1.165, 1.54) is 48.3 Å². The van der Waals surface area contributed by atoms with Gasteiger partial charge in [-0.25, -0.2) is 12.8 Å². The molecule has 0 aliphatic heterocycles. The predicted octanol–water partition coefficient (Wildman–Crippen LogP) is 4.50. The first kappa shape index (κ1) is 28.8. The van der Waals surface area contributed by atoms with Gasteiger partial charge >= 0.3 is 0 Å². The molecule has 0 aromatic heterocycles. The van der Waals surface area contributed by atoms with Gasteiger partial charge in [-0.3, -0.25) is 13.9 Å². The van der Waals surface area contributed by atoms with Crippen LogP contribution in [0.15, 0.2) is 71.6 Å². The number of carbonyl (C=O) groups is 2. The number of nitrogens with zero attached hydrogens (tertiary/aromatic N) is 2. The molecule has 2 amide bonds. The van der Waals surface area contributed by atoms with Crippen LogP contribution in [0.3, 0.4) is 0 Å². The van der Waals surface area contributed by atoms with E-state index >= 15 is 0 Å². The Bertz CT molecular complexity index is 1390. The SMILES string of the molecule is CCC(C(=O)NC)N(Cc1ccc(F)cc1)C(=O)CN(c1cc(C)ccc1C)S(=O)(=O)c1ccc(C)cc1. The minimum atomic E-state index is -4.14. The smallest absolute Gasteiger partial charge is 0.264 e. The third-order valence-corrected chi connectivity index (χ3v) is 8.19. The fraction of sp³-hybridized carbons (Fsp3) is 0.310. The van der Waals surface area contributed by atoms with Crippen LogP contribution >= 0.6 is 0 Å². The second kappa shape index (κ2) is 12.2. The third-order valence-electron chi connectivity index (χ3n) is 6.42. The summed E-state index contributed by atoms with van der Waals surface area (Å²) in [6.07, 6.45) is 0.306. The minimum absolute atomic E-state index is 0.0102. The fourth-order valence-corrected chi connectivity index (χ4v) is 5.68. The van der Waals surface area contributed by atoms with Gasteiger partial charge in [-0.05, 0) is 74.2 Å². The first-order valence-corrected chi connectivity index (χ1v) is 13.8. The van der Waals surface area contributed by atoms with Gasteiger partial charge in [-0.15, -0.1) is 0 Å². The van der Waals surface area contributed by atoms with E-state index in [2.05, 4.69) is 5.32 Å². The quantitative estimate of drug-likeness (QED) is 0.411. The Morgan fingerprint density at radius 1 is 0.921 bits per heavy atom. The van der Waals surface area contributed by atoms with Gasteiger partial charge in [-0.2, -0.15) is 0 Å². The highest BCUT2D eigenvalue weighted by Gasteiger charge is 2.34. The number of hydrogen-bond acceptors (Lipinski definition) is 4. The molecule has 0 radical (unpaired) electrons. The van der Waals surface area contributed by atoms with Crippen molar-refractivity contribution in [2.24, 2.45) is 0 Å². The fourth-order valence-electron chi connectivity index (χ4n) is 4.21. The molecular formula is C29H34FN3O4S. The van der Waals surface area contributed by atoms with Gasteiger partial charge in [0.15, 0.2) is 0 Å². The maximum atomic E-state index is 13.9. The topological polar surface area (TPSA) is 86.8 Å². The molecule has 0 saturated heterocycles. The van der Waals surface area contributed by atoms with E-state index in [9.17, 15) is 22.4 Å². The Labute approximate surface area is 224 Å². The average Bonchev–Trinajstić information content (AvgIpc) is 2.89. The Kier molecular flexibility index (Phi) is 9.27. The summed E-state index contributed by atoms with van der Waals surface area (Å²) in [4.78, 5) is 28.1. The minimum Gasteiger partial charge on any atom is -0.357 e. The number of hydrogen-bond donors (Lipinski definition) is 1. The highest BCUT2D eigenvalue weighted by Crippen LogP contribution is 2.29. The normalized spacial score (nSPS) is 12.1. The van der Waals surface area contributed by atoms with Crippen LogP contribution in [-0.4, -0.2) is 44.8 Å². The van der Waals surface area contributed by atoms with Crippen LogP contribution in [0.1, 0.15) is 35.6 Å². The zero-order valence-corrected chi connectivity index (χ0v) is 23.2. The molecule has 0 aliphatic carbocycles. The van der Waals surface area contributed by atoms with Crippen molar-refractivity contribution in [3.05, 3.63) is 94.8 Å². The van der Waals surface area contributed by atoms with Gasteiger partial charge in [0.2, 0.25) is 11.8 Å². The van der Waals surface area contributed by atoms with Crippen molar-refractivity contribution in [2.45, 2.75) is 51.6 Å². The molecule has 3 rings (SSSR count). The highest BCUT2D eigenvalue weighted by atomic mass is 32.2. The number of halogens is 1. The summed E-state index contributed by atoms with van der Waals surface area (Å²) in [7, 11) is -2.66. The molecule has 0 saturated carbocycles. The zero-order chi connectivity index (χ0) is 28.0. The zero-order valence-electron chi connectivity index (χ0n) is 22.4. The van der Waals surface area contributed by atoms with Crippen molar-refractivity contribution < 1.29 is 22.4 Å². The van der Waals surface area contributed by atoms with E-state index in [4.69, 9.17) is 0 Å². The number of benzene rings is 3. The van der Waals surface area contributed by atoms with E-state index in [0.29, 0.717) is 23.2 Å². The number of carbonyl (C=O) groups excluding carboxylic acids is 2. The van der Waals surface area contributed by atoms with Crippen LogP contribution in [-0.2, 0) is 26.2 Å². The van der Waals surface area contributed by atoms with Crippen LogP contribution in [0.4, 0.5) is 10.1 Å². The lowest BCUT2D eigenvalue weighted by Crippen LogP contribution is -2.51. The number of amides is 2. The van der Waals surface area contributed by atoms with Gasteiger partial charge in [0.05, 0.1) is 10.6 Å². The molecule has 0 heterocycles. The summed E-state index contributed by atoms with van der Waals surface area (Å²) in [6, 6.07) is 16.6. The van der Waals surface area contributed by atoms with Crippen molar-refractivity contribution in [2.75, 3.05) is 17.9 Å². The van der Waals surface area contributed by atoms with Crippen molar-refractivity contribution >= 4 is 27.5 Å². The van der Waals surface area contributed by atoms with Crippen molar-refractivity contribution in [1.82, 2.24) is 10.2 Å². The molecule has 202 valence electrons. The largest absolute Gasteiger partial charge is 0.357 e. The lowest BCUT2D eigenvalue weighted by atomic mass is 10.1. The average molecular weight is 540 g/mol. The van der Waals surface area contributed by atoms with E-state index in [0.717, 1.165) is 15.4 Å². The van der Waals surface area contributed by atoms with E-state index in [1.54, 1.807) is 32.0 Å². The van der Waals surface area contributed by atoms with E-state index < -0.39 is 34.3 Å². The molecule has 1 N–H and O–H groups in total. The molecule has 9 heteroatoms. The molecule has 0 aliphatic rings. The number of aryl methyl sites for hydroxylation is 3. The summed E-state index contributed by atoms with van der Waals surface area (Å²) in [5.41, 5.74) is 3.42. The first-order chi connectivity index (χ1) is 18.0. The Morgan fingerprint density at radius 3 is 2.11 bits per heavy atom. The molecule has 3 aromatic carbocycles. The lowest BCUT2D eigenvalue weighted by molar-refractivity contribution is -0.140. The Hall–Kier alpha value is -3.72.